The monoisotopic (exact) mass is 1080 g/mol. The number of esters is 3. The Morgan fingerprint density at radius 1 is 0.481 bits per heavy atom. The topological polar surface area (TPSA) is 206 Å². The van der Waals surface area contributed by atoms with Gasteiger partial charge in [-0.05, 0) is 83.0 Å². The van der Waals surface area contributed by atoms with Crippen molar-refractivity contribution < 1.29 is 58.6 Å². The standard InChI is InChI=1S/C61H96O10.C3H9NO2/c1-4-7-10-12-14-16-18-20-22-24-26-28-32-36-40-45-55(62)69-50-54(71-57(64)47-42-38-33-29-27-25-23-21-19-17-15-13-11-8-5-2)51-70-56(63)46-41-37-34-30-31-35-39-44-53-49-48-52(43-9-6-3)58(60(65)66)59(53)61(67)68;5-2-1-4-3-6/h12-23,39,44,48-49,52-54,58-59H,4-11,24-38,40-43,45-47,50-51H2,1-3H3,(H,65,66)(H,67,68);4-6H,1-3H2/b14-12+,15-13+,18-16+,19-17+,22-20+,23-21+,44-39+;. The van der Waals surface area contributed by atoms with E-state index in [1.165, 1.54) is 25.7 Å². The Labute approximate surface area is 465 Å². The maximum Gasteiger partial charge on any atom is 0.308 e. The molecule has 0 saturated carbocycles. The summed E-state index contributed by atoms with van der Waals surface area (Å²) in [7, 11) is 0. The van der Waals surface area contributed by atoms with E-state index in [2.05, 4.69) is 92.1 Å². The van der Waals surface area contributed by atoms with Crippen LogP contribution in [-0.4, -0.2) is 89.5 Å². The molecule has 1 rings (SSSR count). The molecule has 438 valence electrons. The molecule has 5 unspecified atom stereocenters. The first-order valence-corrected chi connectivity index (χ1v) is 29.8. The van der Waals surface area contributed by atoms with Crippen molar-refractivity contribution >= 4 is 29.8 Å². The van der Waals surface area contributed by atoms with Gasteiger partial charge in [-0.1, -0.05) is 214 Å². The van der Waals surface area contributed by atoms with Crippen molar-refractivity contribution in [2.75, 3.05) is 33.1 Å². The minimum absolute atomic E-state index is 0.0550. The van der Waals surface area contributed by atoms with Crippen molar-refractivity contribution in [3.05, 3.63) is 97.2 Å². The second-order valence-corrected chi connectivity index (χ2v) is 20.0. The van der Waals surface area contributed by atoms with Gasteiger partial charge in [0.1, 0.15) is 13.2 Å². The predicted octanol–water partition coefficient (Wildman–Crippen LogP) is 14.4. The van der Waals surface area contributed by atoms with Crippen LogP contribution in [0, 0.1) is 23.7 Å². The van der Waals surface area contributed by atoms with Crippen LogP contribution in [0.3, 0.4) is 0 Å². The summed E-state index contributed by atoms with van der Waals surface area (Å²) in [6.45, 7) is 6.60. The largest absolute Gasteiger partial charge is 0.481 e. The highest BCUT2D eigenvalue weighted by Crippen LogP contribution is 2.38. The van der Waals surface area contributed by atoms with Gasteiger partial charge in [0.15, 0.2) is 6.10 Å². The fraction of sp³-hybridized carbons (Fsp3) is 0.672. The maximum atomic E-state index is 12.9. The Kier molecular flexibility index (Phi) is 51.1. The zero-order chi connectivity index (χ0) is 56.7. The molecule has 13 heteroatoms. The molecule has 0 heterocycles. The third-order valence-corrected chi connectivity index (χ3v) is 13.1. The van der Waals surface area contributed by atoms with E-state index in [0.717, 1.165) is 128 Å². The highest BCUT2D eigenvalue weighted by atomic mass is 16.6. The lowest BCUT2D eigenvalue weighted by Gasteiger charge is -2.33. The van der Waals surface area contributed by atoms with Gasteiger partial charge in [0.05, 0.1) is 25.2 Å². The second-order valence-electron chi connectivity index (χ2n) is 20.0. The number of unbranched alkanes of at least 4 members (excludes halogenated alkanes) is 20. The predicted molar refractivity (Wildman–Crippen MR) is 312 cm³/mol. The lowest BCUT2D eigenvalue weighted by molar-refractivity contribution is -0.167. The molecule has 5 atom stereocenters. The molecule has 0 aromatic rings. The number of aliphatic carboxylic acids is 2. The molecule has 0 aromatic heterocycles. The average Bonchev–Trinajstić information content (AvgIpc) is 3.42. The lowest BCUT2D eigenvalue weighted by Crippen LogP contribution is -2.41. The number of hydrogen-bond donors (Lipinski definition) is 5. The van der Waals surface area contributed by atoms with E-state index in [-0.39, 0.29) is 57.7 Å². The normalized spacial score (nSPS) is 17.1. The summed E-state index contributed by atoms with van der Waals surface area (Å²) in [5.74, 6) is -5.92. The molecule has 0 fully saturated rings. The van der Waals surface area contributed by atoms with E-state index in [9.17, 15) is 34.2 Å². The summed E-state index contributed by atoms with van der Waals surface area (Å²) in [4.78, 5) is 62.5. The van der Waals surface area contributed by atoms with Gasteiger partial charge in [-0.25, -0.2) is 0 Å². The number of allylic oxidation sites excluding steroid dienone is 16. The number of carbonyl (C=O) groups is 5. The highest BCUT2D eigenvalue weighted by molar-refractivity contribution is 5.81. The number of ether oxygens (including phenoxy) is 3. The molecule has 0 amide bonds. The van der Waals surface area contributed by atoms with Crippen LogP contribution < -0.4 is 5.32 Å². The van der Waals surface area contributed by atoms with Crippen LogP contribution in [0.2, 0.25) is 0 Å². The molecule has 0 radical (unpaired) electrons. The molecule has 0 aromatic carbocycles. The van der Waals surface area contributed by atoms with Gasteiger partial charge in [0.25, 0.3) is 0 Å². The van der Waals surface area contributed by atoms with Crippen molar-refractivity contribution in [2.24, 2.45) is 23.7 Å². The first-order valence-electron chi connectivity index (χ1n) is 29.8. The van der Waals surface area contributed by atoms with E-state index >= 15 is 0 Å². The van der Waals surface area contributed by atoms with E-state index in [1.807, 2.05) is 31.2 Å². The van der Waals surface area contributed by atoms with Gasteiger partial charge in [-0.3, -0.25) is 29.3 Å². The third kappa shape index (κ3) is 44.8. The molecule has 0 aliphatic heterocycles. The molecule has 13 nitrogen and oxygen atoms in total. The van der Waals surface area contributed by atoms with Gasteiger partial charge in [0.2, 0.25) is 0 Å². The van der Waals surface area contributed by atoms with E-state index < -0.39 is 47.7 Å². The molecule has 0 spiro atoms. The summed E-state index contributed by atoms with van der Waals surface area (Å²) in [5.41, 5.74) is 0. The fourth-order valence-corrected chi connectivity index (χ4v) is 8.64. The Bertz CT molecular complexity index is 1720. The zero-order valence-electron chi connectivity index (χ0n) is 47.9. The summed E-state index contributed by atoms with van der Waals surface area (Å²) >= 11 is 0. The molecule has 1 aliphatic rings. The van der Waals surface area contributed by atoms with Gasteiger partial charge in [-0.15, -0.1) is 0 Å². The molecule has 5 N–H and O–H groups in total. The number of nitrogens with one attached hydrogen (secondary N) is 1. The Hall–Kier alpha value is -4.85. The summed E-state index contributed by atoms with van der Waals surface area (Å²) in [6.07, 6.45) is 59.2. The highest BCUT2D eigenvalue weighted by Gasteiger charge is 2.44. The molecule has 0 saturated heterocycles. The number of rotatable bonds is 48. The number of aliphatic hydroxyl groups excluding tert-OH is 2. The minimum atomic E-state index is -1.07. The van der Waals surface area contributed by atoms with Crippen LogP contribution in [0.1, 0.15) is 213 Å². The quantitative estimate of drug-likeness (QED) is 0.00961. The Morgan fingerprint density at radius 2 is 0.883 bits per heavy atom. The first kappa shape index (κ1) is 72.2. The van der Waals surface area contributed by atoms with Crippen LogP contribution in [-0.2, 0) is 38.2 Å². The van der Waals surface area contributed by atoms with Crippen molar-refractivity contribution in [3.63, 3.8) is 0 Å². The minimum Gasteiger partial charge on any atom is -0.481 e. The zero-order valence-corrected chi connectivity index (χ0v) is 47.9. The average molecular weight is 1080 g/mol. The lowest BCUT2D eigenvalue weighted by atomic mass is 9.69. The Balaban J connectivity index is 0.00000905. The van der Waals surface area contributed by atoms with Crippen molar-refractivity contribution in [1.82, 2.24) is 5.32 Å². The number of carboxylic acid groups (broad SMARTS) is 2. The van der Waals surface area contributed by atoms with Crippen LogP contribution in [0.15, 0.2) is 97.2 Å². The molecule has 77 heavy (non-hydrogen) atoms. The summed E-state index contributed by atoms with van der Waals surface area (Å²) < 4.78 is 16.7. The van der Waals surface area contributed by atoms with E-state index in [0.29, 0.717) is 25.8 Å². The SMILES string of the molecule is CCCC/C=C/C=C/C=C/CCCCCCCC(=O)OCC(COC(=O)CCCCCCC/C=C/C1C=CC(CCCC)C(C(=O)O)C1C(=O)O)OC(=O)CCCCCCC/C=C/C=C/C=C/CCCC.OCCNCO. The van der Waals surface area contributed by atoms with E-state index in [4.69, 9.17) is 24.4 Å². The van der Waals surface area contributed by atoms with Crippen molar-refractivity contribution in [3.8, 4) is 0 Å². The number of hydrogen-bond acceptors (Lipinski definition) is 11. The number of carboxylic acids is 2. The summed E-state index contributed by atoms with van der Waals surface area (Å²) in [5, 5.41) is 38.4. The van der Waals surface area contributed by atoms with Crippen LogP contribution in [0.25, 0.3) is 0 Å². The van der Waals surface area contributed by atoms with Gasteiger partial charge in [0, 0.05) is 31.7 Å². The van der Waals surface area contributed by atoms with Crippen LogP contribution >= 0.6 is 0 Å². The van der Waals surface area contributed by atoms with Crippen molar-refractivity contribution in [1.29, 1.82) is 0 Å². The Morgan fingerprint density at radius 3 is 1.29 bits per heavy atom. The molecule has 0 bridgehead atoms. The fourth-order valence-electron chi connectivity index (χ4n) is 8.64. The van der Waals surface area contributed by atoms with Crippen LogP contribution in [0.5, 0.6) is 0 Å². The second kappa shape index (κ2) is 54.5. The third-order valence-electron chi connectivity index (χ3n) is 13.1. The van der Waals surface area contributed by atoms with Crippen molar-refractivity contribution in [2.45, 2.75) is 219 Å². The van der Waals surface area contributed by atoms with Gasteiger partial charge in [-0.2, -0.15) is 0 Å². The number of carbonyl (C=O) groups excluding carboxylic acids is 3. The van der Waals surface area contributed by atoms with Crippen LogP contribution in [0.4, 0.5) is 0 Å². The van der Waals surface area contributed by atoms with Gasteiger partial charge >= 0.3 is 29.8 Å². The van der Waals surface area contributed by atoms with E-state index in [1.54, 1.807) is 0 Å². The number of aliphatic hydroxyl groups is 2. The maximum absolute atomic E-state index is 12.9. The molecule has 1 aliphatic carbocycles. The molecular weight excluding hydrogens is 975 g/mol. The summed E-state index contributed by atoms with van der Waals surface area (Å²) in [6, 6.07) is 0. The molecular formula is C64H105NO12. The first-order chi connectivity index (χ1) is 37.6. The smallest absolute Gasteiger partial charge is 0.308 e. The van der Waals surface area contributed by atoms with Gasteiger partial charge < -0.3 is 34.6 Å².